The summed E-state index contributed by atoms with van der Waals surface area (Å²) >= 11 is 0. The molecule has 0 aliphatic heterocycles. The molecule has 0 radical (unpaired) electrons. The van der Waals surface area contributed by atoms with Crippen molar-refractivity contribution >= 4 is 0 Å². The van der Waals surface area contributed by atoms with Gasteiger partial charge in [0, 0.05) is 0 Å². The number of unbranched alkanes of at least 4 members (excludes halogenated alkanes) is 19. The Bertz CT molecular complexity index is 244. The van der Waals surface area contributed by atoms with Gasteiger partial charge >= 0.3 is 0 Å². The largest absolute Gasteiger partial charge is 0.0654 e. The minimum atomic E-state index is 0.970. The SMILES string of the molecule is CCCCCCCCCCCCCCCCCCCCC(C)CCCCC. The molecule has 164 valence electrons. The molecule has 0 saturated carbocycles. The first kappa shape index (κ1) is 27.0. The summed E-state index contributed by atoms with van der Waals surface area (Å²) < 4.78 is 0. The maximum atomic E-state index is 2.46. The first-order valence-corrected chi connectivity index (χ1v) is 13.3. The summed E-state index contributed by atoms with van der Waals surface area (Å²) in [5.41, 5.74) is 0. The molecular formula is C27H56. The van der Waals surface area contributed by atoms with Crippen LogP contribution in [0.5, 0.6) is 0 Å². The van der Waals surface area contributed by atoms with Crippen LogP contribution in [-0.2, 0) is 0 Å². The van der Waals surface area contributed by atoms with Crippen LogP contribution in [0.15, 0.2) is 0 Å². The van der Waals surface area contributed by atoms with Crippen LogP contribution in [0.2, 0.25) is 0 Å². The van der Waals surface area contributed by atoms with Gasteiger partial charge in [-0.2, -0.15) is 0 Å². The van der Waals surface area contributed by atoms with E-state index in [4.69, 9.17) is 0 Å². The lowest BCUT2D eigenvalue weighted by atomic mass is 9.96. The van der Waals surface area contributed by atoms with Crippen LogP contribution in [0.25, 0.3) is 0 Å². The van der Waals surface area contributed by atoms with Crippen molar-refractivity contribution in [2.75, 3.05) is 0 Å². The maximum absolute atomic E-state index is 2.46. The third-order valence-electron chi connectivity index (χ3n) is 6.35. The highest BCUT2D eigenvalue weighted by atomic mass is 14.1. The van der Waals surface area contributed by atoms with Gasteiger partial charge in [0.2, 0.25) is 0 Å². The second-order valence-corrected chi connectivity index (χ2v) is 9.40. The standard InChI is InChI=1S/C27H56/c1-4-6-8-9-10-11-12-13-14-15-16-17-18-19-20-21-22-24-26-27(3)25-23-7-5-2/h27H,4-26H2,1-3H3. The van der Waals surface area contributed by atoms with Crippen LogP contribution in [0.1, 0.15) is 168 Å². The molecule has 0 aliphatic rings. The molecule has 1 atom stereocenters. The van der Waals surface area contributed by atoms with Gasteiger partial charge in [-0.1, -0.05) is 168 Å². The highest BCUT2D eigenvalue weighted by Crippen LogP contribution is 2.18. The second kappa shape index (κ2) is 24.0. The monoisotopic (exact) mass is 380 g/mol. The summed E-state index contributed by atoms with van der Waals surface area (Å²) in [7, 11) is 0. The van der Waals surface area contributed by atoms with Crippen molar-refractivity contribution in [2.45, 2.75) is 168 Å². The summed E-state index contributed by atoms with van der Waals surface area (Å²) in [5.74, 6) is 0.970. The van der Waals surface area contributed by atoms with Crippen molar-refractivity contribution in [1.82, 2.24) is 0 Å². The molecule has 0 aromatic carbocycles. The number of rotatable bonds is 23. The molecule has 0 fully saturated rings. The van der Waals surface area contributed by atoms with Gasteiger partial charge in [-0.3, -0.25) is 0 Å². The fraction of sp³-hybridized carbons (Fsp3) is 1.00. The third-order valence-corrected chi connectivity index (χ3v) is 6.35. The van der Waals surface area contributed by atoms with Gasteiger partial charge in [-0.05, 0) is 5.92 Å². The lowest BCUT2D eigenvalue weighted by Crippen LogP contribution is -1.94. The van der Waals surface area contributed by atoms with Crippen LogP contribution in [0, 0.1) is 5.92 Å². The van der Waals surface area contributed by atoms with Gasteiger partial charge in [0.1, 0.15) is 0 Å². The molecule has 0 bridgehead atoms. The topological polar surface area (TPSA) is 0 Å². The van der Waals surface area contributed by atoms with Gasteiger partial charge in [-0.15, -0.1) is 0 Å². The van der Waals surface area contributed by atoms with Crippen LogP contribution in [0.3, 0.4) is 0 Å². The number of hydrogen-bond acceptors (Lipinski definition) is 0. The Morgan fingerprint density at radius 1 is 0.333 bits per heavy atom. The van der Waals surface area contributed by atoms with E-state index in [1.54, 1.807) is 0 Å². The van der Waals surface area contributed by atoms with E-state index < -0.39 is 0 Å². The lowest BCUT2D eigenvalue weighted by Gasteiger charge is -2.10. The molecule has 0 nitrogen and oxygen atoms in total. The Kier molecular flexibility index (Phi) is 24.0. The minimum absolute atomic E-state index is 0.970. The summed E-state index contributed by atoms with van der Waals surface area (Å²) in [6, 6.07) is 0. The zero-order chi connectivity index (χ0) is 19.8. The first-order chi connectivity index (χ1) is 13.3. The average molecular weight is 381 g/mol. The smallest absolute Gasteiger partial charge is 0.0443 e. The summed E-state index contributed by atoms with van der Waals surface area (Å²) in [6.07, 6.45) is 33.8. The van der Waals surface area contributed by atoms with E-state index in [-0.39, 0.29) is 0 Å². The normalized spacial score (nSPS) is 12.6. The molecule has 0 saturated heterocycles. The van der Waals surface area contributed by atoms with Crippen LogP contribution in [-0.4, -0.2) is 0 Å². The molecular weight excluding hydrogens is 324 g/mol. The van der Waals surface area contributed by atoms with E-state index in [9.17, 15) is 0 Å². The molecule has 0 heterocycles. The molecule has 0 spiro atoms. The molecule has 0 heteroatoms. The minimum Gasteiger partial charge on any atom is -0.0654 e. The van der Waals surface area contributed by atoms with Gasteiger partial charge < -0.3 is 0 Å². The van der Waals surface area contributed by atoms with E-state index >= 15 is 0 Å². The molecule has 0 rings (SSSR count). The Balaban J connectivity index is 3.05. The van der Waals surface area contributed by atoms with Crippen LogP contribution in [0.4, 0.5) is 0 Å². The van der Waals surface area contributed by atoms with Gasteiger partial charge in [0.15, 0.2) is 0 Å². The highest BCUT2D eigenvalue weighted by molar-refractivity contribution is 4.55. The lowest BCUT2D eigenvalue weighted by molar-refractivity contribution is 0.435. The fourth-order valence-electron chi connectivity index (χ4n) is 4.28. The molecule has 0 N–H and O–H groups in total. The quantitative estimate of drug-likeness (QED) is 0.155. The van der Waals surface area contributed by atoms with E-state index in [2.05, 4.69) is 20.8 Å². The van der Waals surface area contributed by atoms with Crippen molar-refractivity contribution in [3.05, 3.63) is 0 Å². The molecule has 0 amide bonds. The Labute approximate surface area is 174 Å². The summed E-state index contributed by atoms with van der Waals surface area (Å²) in [4.78, 5) is 0. The Morgan fingerprint density at radius 2 is 0.556 bits per heavy atom. The van der Waals surface area contributed by atoms with Gasteiger partial charge in [0.25, 0.3) is 0 Å². The predicted octanol–water partition coefficient (Wildman–Crippen LogP) is 10.6. The van der Waals surface area contributed by atoms with E-state index in [1.165, 1.54) is 148 Å². The Hall–Kier alpha value is 0. The van der Waals surface area contributed by atoms with Crippen LogP contribution < -0.4 is 0 Å². The highest BCUT2D eigenvalue weighted by Gasteiger charge is 2.01. The van der Waals surface area contributed by atoms with E-state index in [0.717, 1.165) is 5.92 Å². The van der Waals surface area contributed by atoms with Crippen molar-refractivity contribution in [2.24, 2.45) is 5.92 Å². The van der Waals surface area contributed by atoms with Gasteiger partial charge in [0.05, 0.1) is 0 Å². The van der Waals surface area contributed by atoms with E-state index in [1.807, 2.05) is 0 Å². The molecule has 1 unspecified atom stereocenters. The average Bonchev–Trinajstić information content (AvgIpc) is 2.67. The molecule has 0 aliphatic carbocycles. The fourth-order valence-corrected chi connectivity index (χ4v) is 4.28. The first-order valence-electron chi connectivity index (χ1n) is 13.3. The zero-order valence-electron chi connectivity index (χ0n) is 19.8. The second-order valence-electron chi connectivity index (χ2n) is 9.40. The van der Waals surface area contributed by atoms with Gasteiger partial charge in [-0.25, -0.2) is 0 Å². The Morgan fingerprint density at radius 3 is 0.889 bits per heavy atom. The molecule has 0 aromatic rings. The third kappa shape index (κ3) is 24.0. The van der Waals surface area contributed by atoms with Crippen molar-refractivity contribution < 1.29 is 0 Å². The summed E-state index contributed by atoms with van der Waals surface area (Å²) in [5, 5.41) is 0. The maximum Gasteiger partial charge on any atom is -0.0443 e. The summed E-state index contributed by atoms with van der Waals surface area (Å²) in [6.45, 7) is 7.07. The predicted molar refractivity (Wildman–Crippen MR) is 127 cm³/mol. The van der Waals surface area contributed by atoms with Crippen molar-refractivity contribution in [3.63, 3.8) is 0 Å². The number of hydrogen-bond donors (Lipinski definition) is 0. The molecule has 27 heavy (non-hydrogen) atoms. The van der Waals surface area contributed by atoms with E-state index in [0.29, 0.717) is 0 Å². The van der Waals surface area contributed by atoms with Crippen LogP contribution >= 0.6 is 0 Å². The zero-order valence-corrected chi connectivity index (χ0v) is 19.8. The molecule has 0 aromatic heterocycles. The van der Waals surface area contributed by atoms with Crippen molar-refractivity contribution in [3.8, 4) is 0 Å². The van der Waals surface area contributed by atoms with Crippen molar-refractivity contribution in [1.29, 1.82) is 0 Å².